The van der Waals surface area contributed by atoms with Crippen molar-refractivity contribution in [3.63, 3.8) is 0 Å². The van der Waals surface area contributed by atoms with Crippen molar-refractivity contribution in [3.8, 4) is 0 Å². The summed E-state index contributed by atoms with van der Waals surface area (Å²) in [7, 11) is -0.959. The fourth-order valence-electron chi connectivity index (χ4n) is 2.53. The van der Waals surface area contributed by atoms with Gasteiger partial charge in [-0.1, -0.05) is 62.8 Å². The first-order valence-electron chi connectivity index (χ1n) is 9.15. The summed E-state index contributed by atoms with van der Waals surface area (Å²) in [6.45, 7) is 5.29. The highest BCUT2D eigenvalue weighted by atomic mass is 31.2. The van der Waals surface area contributed by atoms with Crippen LogP contribution in [0.4, 0.5) is 0 Å². The second kappa shape index (κ2) is 11.5. The summed E-state index contributed by atoms with van der Waals surface area (Å²) in [6, 6.07) is 0. The first-order chi connectivity index (χ1) is 11.0. The summed E-state index contributed by atoms with van der Waals surface area (Å²) in [6.07, 6.45) is 12.5. The van der Waals surface area contributed by atoms with E-state index in [-0.39, 0.29) is 4.48 Å². The van der Waals surface area contributed by atoms with Crippen LogP contribution in [-0.4, -0.2) is 45.7 Å². The van der Waals surface area contributed by atoms with E-state index in [4.69, 9.17) is 9.79 Å². The summed E-state index contributed by atoms with van der Waals surface area (Å²) in [5.41, 5.74) is -1.46. The summed E-state index contributed by atoms with van der Waals surface area (Å²) < 4.78 is 15.3. The fourth-order valence-corrected chi connectivity index (χ4v) is 2.87. The predicted molar refractivity (Wildman–Crippen MR) is 96.9 cm³/mol. The topological polar surface area (TPSA) is 87.0 Å². The quantitative estimate of drug-likeness (QED) is 0.134. The van der Waals surface area contributed by atoms with Gasteiger partial charge in [-0.15, -0.1) is 0 Å². The van der Waals surface area contributed by atoms with Crippen LogP contribution in [0, 0.1) is 6.61 Å². The number of unbranched alkanes of at least 4 members (excludes halogenated alkanes) is 9. The molecule has 0 spiro atoms. The third-order valence-corrected chi connectivity index (χ3v) is 5.09. The molecule has 1 atom stereocenters. The van der Waals surface area contributed by atoms with E-state index in [0.717, 1.165) is 19.4 Å². The van der Waals surface area contributed by atoms with E-state index in [1.54, 1.807) is 0 Å². The molecule has 1 unspecified atom stereocenters. The molecule has 0 aliphatic heterocycles. The first-order valence-corrected chi connectivity index (χ1v) is 10.7. The van der Waals surface area contributed by atoms with Crippen LogP contribution in [-0.2, 0) is 9.09 Å². The molecule has 0 bridgehead atoms. The highest BCUT2D eigenvalue weighted by Gasteiger charge is 2.50. The lowest BCUT2D eigenvalue weighted by atomic mass is 10.1. The Balaban J connectivity index is 3.85. The van der Waals surface area contributed by atoms with E-state index >= 15 is 0 Å². The third kappa shape index (κ3) is 11.5. The van der Waals surface area contributed by atoms with E-state index in [1.165, 1.54) is 58.3 Å². The molecular weight excluding hydrogens is 329 g/mol. The first kappa shape index (κ1) is 23.9. The van der Waals surface area contributed by atoms with Crippen LogP contribution in [0.15, 0.2) is 0 Å². The van der Waals surface area contributed by atoms with Crippen LogP contribution in [0.1, 0.15) is 78.1 Å². The van der Waals surface area contributed by atoms with Gasteiger partial charge < -0.3 is 14.9 Å². The number of likely N-dealkylation sites (N-methyl/N-ethyl adjacent to an activating group) is 1. The molecular formula is C17H38NO5P+2. The van der Waals surface area contributed by atoms with Gasteiger partial charge in [-0.25, -0.2) is 4.57 Å². The molecule has 0 saturated heterocycles. The molecule has 0 radical (unpaired) electrons. The molecule has 7 heteroatoms. The summed E-state index contributed by atoms with van der Waals surface area (Å²) in [4.78, 5) is 17.5. The Morgan fingerprint density at radius 1 is 0.958 bits per heavy atom. The number of phosphoric ester groups is 1. The van der Waals surface area contributed by atoms with Gasteiger partial charge in [0.25, 0.3) is 0 Å². The monoisotopic (exact) mass is 367 g/mol. The molecule has 144 valence electrons. The smallest absolute Gasteiger partial charge is 0.302 e. The standard InChI is InChI=1S/C17H36NO5P/c1-5-6-7-8-9-10-11-12-13-14-15-18(3,4)17(2,19)16-23-24(20,21)22/h16,19H,5-15H2,1-4H3/p+2. The zero-order chi connectivity index (χ0) is 18.7. The second-order valence-electron chi connectivity index (χ2n) is 7.40. The highest BCUT2D eigenvalue weighted by Crippen LogP contribution is 2.39. The normalized spacial score (nSPS) is 15.3. The van der Waals surface area contributed by atoms with Gasteiger partial charge in [0.05, 0.1) is 27.6 Å². The number of hydrogen-bond donors (Lipinski definition) is 3. The average Bonchev–Trinajstić information content (AvgIpc) is 2.46. The summed E-state index contributed by atoms with van der Waals surface area (Å²) >= 11 is 0. The van der Waals surface area contributed by atoms with Gasteiger partial charge >= 0.3 is 20.2 Å². The van der Waals surface area contributed by atoms with Gasteiger partial charge in [0.15, 0.2) is 0 Å². The molecule has 0 rings (SSSR count). The van der Waals surface area contributed by atoms with E-state index in [0.29, 0.717) is 6.54 Å². The molecule has 0 saturated carbocycles. The highest BCUT2D eigenvalue weighted by molar-refractivity contribution is 7.46. The minimum Gasteiger partial charge on any atom is -0.302 e. The molecule has 6 nitrogen and oxygen atoms in total. The Bertz CT molecular complexity index is 368. The van der Waals surface area contributed by atoms with Crippen LogP contribution in [0.25, 0.3) is 0 Å². The Kier molecular flexibility index (Phi) is 11.5. The zero-order valence-corrected chi connectivity index (χ0v) is 16.8. The van der Waals surface area contributed by atoms with E-state index in [2.05, 4.69) is 11.4 Å². The van der Waals surface area contributed by atoms with Crippen molar-refractivity contribution in [2.24, 2.45) is 0 Å². The van der Waals surface area contributed by atoms with Crippen molar-refractivity contribution in [2.75, 3.05) is 20.6 Å². The van der Waals surface area contributed by atoms with Gasteiger partial charge in [-0.3, -0.25) is 4.48 Å². The number of nitrogens with zero attached hydrogens (tertiary/aromatic N) is 1. The second-order valence-corrected chi connectivity index (χ2v) is 8.59. The minimum absolute atomic E-state index is 0.198. The molecule has 0 aromatic rings. The van der Waals surface area contributed by atoms with Gasteiger partial charge in [-0.2, -0.15) is 0 Å². The van der Waals surface area contributed by atoms with Crippen LogP contribution < -0.4 is 0 Å². The lowest BCUT2D eigenvalue weighted by molar-refractivity contribution is -0.960. The maximum Gasteiger partial charge on any atom is 0.509 e. The average molecular weight is 367 g/mol. The summed E-state index contributed by atoms with van der Waals surface area (Å²) in [5, 5.41) is 10.4. The van der Waals surface area contributed by atoms with Crippen molar-refractivity contribution < 1.29 is 28.5 Å². The maximum absolute atomic E-state index is 10.8. The van der Waals surface area contributed by atoms with Crippen molar-refractivity contribution in [3.05, 3.63) is 6.61 Å². The molecule has 0 heterocycles. The zero-order valence-electron chi connectivity index (χ0n) is 15.9. The molecule has 3 N–H and O–H groups in total. The molecule has 0 aromatic heterocycles. The third-order valence-electron chi connectivity index (χ3n) is 4.71. The molecule has 0 aliphatic rings. The lowest BCUT2D eigenvalue weighted by Gasteiger charge is -2.36. The largest absolute Gasteiger partial charge is 0.509 e. The molecule has 0 aliphatic carbocycles. The van der Waals surface area contributed by atoms with Crippen molar-refractivity contribution in [1.82, 2.24) is 0 Å². The van der Waals surface area contributed by atoms with Gasteiger partial charge in [0.2, 0.25) is 0 Å². The molecule has 0 aromatic carbocycles. The maximum atomic E-state index is 10.8. The van der Waals surface area contributed by atoms with E-state index in [1.807, 2.05) is 14.1 Å². The Labute approximate surface area is 148 Å². The van der Waals surface area contributed by atoms with Crippen molar-refractivity contribution in [2.45, 2.75) is 83.8 Å². The number of phosphoric acid groups is 1. The summed E-state index contributed by atoms with van der Waals surface area (Å²) in [5.74, 6) is 0. The van der Waals surface area contributed by atoms with Crippen LogP contribution >= 0.6 is 7.82 Å². The Morgan fingerprint density at radius 2 is 1.38 bits per heavy atom. The van der Waals surface area contributed by atoms with Gasteiger partial charge in [0, 0.05) is 0 Å². The fraction of sp³-hybridized carbons (Fsp3) is 0.941. The predicted octanol–water partition coefficient (Wildman–Crippen LogP) is 3.96. The van der Waals surface area contributed by atoms with E-state index in [9.17, 15) is 9.67 Å². The number of aliphatic hydroxyl groups is 1. The molecule has 24 heavy (non-hydrogen) atoms. The number of rotatable bonds is 15. The van der Waals surface area contributed by atoms with Gasteiger partial charge in [0.1, 0.15) is 0 Å². The van der Waals surface area contributed by atoms with Gasteiger partial charge in [-0.05, 0) is 12.8 Å². The van der Waals surface area contributed by atoms with Crippen LogP contribution in [0.2, 0.25) is 0 Å². The van der Waals surface area contributed by atoms with E-state index < -0.39 is 13.5 Å². The minimum atomic E-state index is -4.61. The Hall–Kier alpha value is -0.100. The lowest BCUT2D eigenvalue weighted by Crippen LogP contribution is -2.58. The van der Waals surface area contributed by atoms with Crippen LogP contribution in [0.5, 0.6) is 0 Å². The SMILES string of the molecule is CCCCCCCCCCCC[N+](C)(C)C(C)(O)[CH+]OP(=O)(O)O. The molecule has 0 amide bonds. The van der Waals surface area contributed by atoms with Crippen molar-refractivity contribution in [1.29, 1.82) is 0 Å². The number of hydrogen-bond acceptors (Lipinski definition) is 3. The van der Waals surface area contributed by atoms with Crippen LogP contribution in [0.3, 0.4) is 0 Å². The molecule has 0 fully saturated rings. The van der Waals surface area contributed by atoms with Crippen molar-refractivity contribution >= 4 is 7.82 Å². The Morgan fingerprint density at radius 3 is 1.79 bits per heavy atom. The number of quaternary nitrogens is 1.